The number of aromatic nitrogens is 1. The van der Waals surface area contributed by atoms with Crippen molar-refractivity contribution in [3.8, 4) is 11.5 Å². The predicted molar refractivity (Wildman–Crippen MR) is 74.3 cm³/mol. The molecule has 2 aliphatic heterocycles. The molecule has 5 rings (SSSR count). The topological polar surface area (TPSA) is 43.7 Å². The highest BCUT2D eigenvalue weighted by Gasteiger charge is 2.44. The summed E-state index contributed by atoms with van der Waals surface area (Å²) < 4.78 is 12.2. The lowest BCUT2D eigenvalue weighted by molar-refractivity contribution is -0.0716. The van der Waals surface area contributed by atoms with Crippen LogP contribution in [0.4, 0.5) is 0 Å². The van der Waals surface area contributed by atoms with Crippen LogP contribution in [0.3, 0.4) is 0 Å². The van der Waals surface area contributed by atoms with Crippen molar-refractivity contribution in [2.24, 2.45) is 4.99 Å². The van der Waals surface area contributed by atoms with Crippen LogP contribution in [-0.4, -0.2) is 10.8 Å². The van der Waals surface area contributed by atoms with Gasteiger partial charge in [-0.3, -0.25) is 4.98 Å². The van der Waals surface area contributed by atoms with Gasteiger partial charge in [0.2, 0.25) is 0 Å². The van der Waals surface area contributed by atoms with Gasteiger partial charge in [-0.2, -0.15) is 0 Å². The highest BCUT2D eigenvalue weighted by Crippen LogP contribution is 2.45. The van der Waals surface area contributed by atoms with Crippen LogP contribution < -0.4 is 20.0 Å². The third-order valence-electron chi connectivity index (χ3n) is 4.17. The van der Waals surface area contributed by atoms with E-state index in [2.05, 4.69) is 16.0 Å². The van der Waals surface area contributed by atoms with Gasteiger partial charge in [-0.15, -0.1) is 11.3 Å². The number of hydrogen-bond acceptors (Lipinski definition) is 5. The molecular weight excluding hydrogens is 272 g/mol. The predicted octanol–water partition coefficient (Wildman–Crippen LogP) is 1.97. The molecule has 0 radical (unpaired) electrons. The van der Waals surface area contributed by atoms with Crippen molar-refractivity contribution in [1.29, 1.82) is 0 Å². The van der Waals surface area contributed by atoms with E-state index in [1.165, 1.54) is 12.8 Å². The number of nitrogens with zero attached hydrogens (tertiary/aromatic N) is 2. The van der Waals surface area contributed by atoms with Gasteiger partial charge < -0.3 is 9.47 Å². The Morgan fingerprint density at radius 3 is 2.65 bits per heavy atom. The van der Waals surface area contributed by atoms with Gasteiger partial charge in [0.15, 0.2) is 11.5 Å². The summed E-state index contributed by atoms with van der Waals surface area (Å²) in [4.78, 5) is 9.79. The van der Waals surface area contributed by atoms with Crippen LogP contribution in [0.25, 0.3) is 5.70 Å². The Kier molecular flexibility index (Phi) is 1.96. The first kappa shape index (κ1) is 10.9. The summed E-state index contributed by atoms with van der Waals surface area (Å²) in [5, 5.41) is 2.14. The van der Waals surface area contributed by atoms with E-state index in [0.717, 1.165) is 45.5 Å². The summed E-state index contributed by atoms with van der Waals surface area (Å²) in [7, 11) is 0. The molecule has 4 nitrogen and oxygen atoms in total. The smallest absolute Gasteiger partial charge is 0.251 e. The molecule has 1 aromatic heterocycles. The fourth-order valence-corrected chi connectivity index (χ4v) is 3.80. The van der Waals surface area contributed by atoms with Crippen molar-refractivity contribution in [3.05, 3.63) is 39.3 Å². The van der Waals surface area contributed by atoms with E-state index in [9.17, 15) is 0 Å². The van der Waals surface area contributed by atoms with Gasteiger partial charge in [0.1, 0.15) is 0 Å². The van der Waals surface area contributed by atoms with E-state index in [4.69, 9.17) is 9.47 Å². The number of ether oxygens (including phenoxy) is 2. The molecule has 1 spiro atoms. The van der Waals surface area contributed by atoms with E-state index in [1.807, 2.05) is 17.8 Å². The van der Waals surface area contributed by atoms with Crippen LogP contribution in [-0.2, 0) is 0 Å². The average Bonchev–Trinajstić information content (AvgIpc) is 3.14. The van der Waals surface area contributed by atoms with Crippen LogP contribution in [0.5, 0.6) is 11.5 Å². The molecule has 0 N–H and O–H groups in total. The molecule has 5 heteroatoms. The van der Waals surface area contributed by atoms with Crippen molar-refractivity contribution >= 4 is 17.0 Å². The van der Waals surface area contributed by atoms with Crippen molar-refractivity contribution in [2.75, 3.05) is 0 Å². The summed E-state index contributed by atoms with van der Waals surface area (Å²) in [5.74, 6) is 1.31. The first-order valence-electron chi connectivity index (χ1n) is 6.87. The first-order chi connectivity index (χ1) is 9.83. The van der Waals surface area contributed by atoms with E-state index in [1.54, 1.807) is 11.3 Å². The zero-order valence-electron chi connectivity index (χ0n) is 10.8. The lowest BCUT2D eigenvalue weighted by Crippen LogP contribution is -2.34. The number of benzene rings is 1. The van der Waals surface area contributed by atoms with Gasteiger partial charge in [0, 0.05) is 30.3 Å². The molecule has 0 unspecified atom stereocenters. The quantitative estimate of drug-likeness (QED) is 0.804. The normalized spacial score (nSPS) is 20.7. The summed E-state index contributed by atoms with van der Waals surface area (Å²) >= 11 is 1.61. The molecule has 0 saturated heterocycles. The zero-order chi connectivity index (χ0) is 13.2. The maximum atomic E-state index is 6.10. The third-order valence-corrected chi connectivity index (χ3v) is 4.95. The standard InChI is InChI=1S/C15H12N2O2S/c1-2-4-15(3-1)18-11-5-9-10(6-12(11)19-15)17-14(9)13-7-16-8-20-13/h5-8H,1-4H2. The monoisotopic (exact) mass is 284 g/mol. The summed E-state index contributed by atoms with van der Waals surface area (Å²) in [6.45, 7) is 0. The van der Waals surface area contributed by atoms with Crippen molar-refractivity contribution < 1.29 is 9.47 Å². The Bertz CT molecular complexity index is 820. The molecular formula is C15H12N2O2S. The largest absolute Gasteiger partial charge is 0.448 e. The number of thiazole rings is 1. The molecule has 100 valence electrons. The molecule has 0 atom stereocenters. The Morgan fingerprint density at radius 1 is 1.10 bits per heavy atom. The summed E-state index contributed by atoms with van der Waals surface area (Å²) in [5.41, 5.74) is 2.84. The fraction of sp³-hybridized carbons (Fsp3) is 0.333. The first-order valence-corrected chi connectivity index (χ1v) is 7.75. The highest BCUT2D eigenvalue weighted by molar-refractivity contribution is 7.10. The van der Waals surface area contributed by atoms with Crippen molar-refractivity contribution in [3.63, 3.8) is 0 Å². The number of rotatable bonds is 1. The van der Waals surface area contributed by atoms with Gasteiger partial charge in [0.25, 0.3) is 5.79 Å². The Hall–Kier alpha value is -1.88. The molecule has 0 amide bonds. The van der Waals surface area contributed by atoms with E-state index in [-0.39, 0.29) is 0 Å². The molecule has 1 aromatic carbocycles. The maximum absolute atomic E-state index is 6.10. The minimum atomic E-state index is -0.396. The molecule has 1 fully saturated rings. The van der Waals surface area contributed by atoms with Gasteiger partial charge in [-0.05, 0) is 18.9 Å². The molecule has 2 aromatic rings. The van der Waals surface area contributed by atoms with Crippen LogP contribution in [0.15, 0.2) is 28.8 Å². The molecule has 0 bridgehead atoms. The number of fused-ring (bicyclic) bond motifs is 2. The average molecular weight is 284 g/mol. The van der Waals surface area contributed by atoms with Crippen molar-refractivity contribution in [2.45, 2.75) is 31.5 Å². The molecule has 20 heavy (non-hydrogen) atoms. The van der Waals surface area contributed by atoms with Crippen molar-refractivity contribution in [1.82, 2.24) is 4.98 Å². The number of hydrogen-bond donors (Lipinski definition) is 0. The van der Waals surface area contributed by atoms with Crippen LogP contribution in [0, 0.1) is 0 Å². The van der Waals surface area contributed by atoms with Gasteiger partial charge in [0.05, 0.1) is 21.4 Å². The lowest BCUT2D eigenvalue weighted by atomic mass is 10.1. The molecule has 3 heterocycles. The van der Waals surface area contributed by atoms with Crippen LogP contribution in [0.2, 0.25) is 0 Å². The Labute approximate surface area is 119 Å². The van der Waals surface area contributed by atoms with Crippen LogP contribution >= 0.6 is 11.3 Å². The second-order valence-electron chi connectivity index (χ2n) is 5.46. The minimum absolute atomic E-state index is 0.396. The molecule has 1 aliphatic carbocycles. The Morgan fingerprint density at radius 2 is 1.90 bits per heavy atom. The van der Waals surface area contributed by atoms with E-state index >= 15 is 0 Å². The zero-order valence-corrected chi connectivity index (χ0v) is 11.6. The molecule has 1 saturated carbocycles. The summed E-state index contributed by atoms with van der Waals surface area (Å²) in [6, 6.07) is 4.07. The summed E-state index contributed by atoms with van der Waals surface area (Å²) in [6.07, 6.45) is 6.17. The highest BCUT2D eigenvalue weighted by atomic mass is 32.1. The van der Waals surface area contributed by atoms with Crippen LogP contribution in [0.1, 0.15) is 30.6 Å². The Balaban J connectivity index is 1.63. The third kappa shape index (κ3) is 1.36. The van der Waals surface area contributed by atoms with Gasteiger partial charge in [-0.25, -0.2) is 4.99 Å². The second-order valence-corrected chi connectivity index (χ2v) is 6.35. The van der Waals surface area contributed by atoms with Gasteiger partial charge >= 0.3 is 0 Å². The van der Waals surface area contributed by atoms with E-state index < -0.39 is 5.79 Å². The minimum Gasteiger partial charge on any atom is -0.448 e. The maximum Gasteiger partial charge on any atom is 0.251 e. The van der Waals surface area contributed by atoms with Gasteiger partial charge in [-0.1, -0.05) is 0 Å². The lowest BCUT2D eigenvalue weighted by Gasteiger charge is -2.21. The SMILES string of the molecule is c1ncc(C2=c3cc4c(cc3=N2)OC2(CCCC2)O4)s1. The second kappa shape index (κ2) is 3.61. The molecule has 3 aliphatic rings. The van der Waals surface area contributed by atoms with E-state index in [0.29, 0.717) is 0 Å². The fourth-order valence-electron chi connectivity index (χ4n) is 3.18.